The number of aromatic hydroxyl groups is 1. The van der Waals surface area contributed by atoms with Gasteiger partial charge in [-0.1, -0.05) is 18.2 Å². The largest absolute Gasteiger partial charge is 0.508 e. The number of anilines is 1. The molecule has 0 aliphatic rings. The smallest absolute Gasteiger partial charge is 0.312 e. The number of phenolic OH excluding ortho intramolecular Hbond substituents is 1. The lowest BCUT2D eigenvalue weighted by Crippen LogP contribution is -2.07. The van der Waals surface area contributed by atoms with Crippen molar-refractivity contribution in [3.8, 4) is 11.5 Å². The number of nitro groups is 1. The summed E-state index contributed by atoms with van der Waals surface area (Å²) < 4.78 is 4.96. The van der Waals surface area contributed by atoms with Gasteiger partial charge in [-0.3, -0.25) is 10.1 Å². The van der Waals surface area contributed by atoms with Crippen LogP contribution in [-0.2, 0) is 0 Å². The Labute approximate surface area is 122 Å². The number of benzene rings is 2. The molecule has 0 aliphatic heterocycles. The first-order valence-corrected chi connectivity index (χ1v) is 6.39. The van der Waals surface area contributed by atoms with E-state index in [2.05, 4.69) is 5.32 Å². The molecule has 6 heteroatoms. The van der Waals surface area contributed by atoms with E-state index >= 15 is 0 Å². The van der Waals surface area contributed by atoms with E-state index in [1.807, 2.05) is 13.0 Å². The van der Waals surface area contributed by atoms with Crippen molar-refractivity contribution in [2.45, 2.75) is 13.0 Å². The van der Waals surface area contributed by atoms with E-state index in [-0.39, 0.29) is 23.2 Å². The quantitative estimate of drug-likeness (QED) is 0.650. The Hall–Kier alpha value is -2.76. The second kappa shape index (κ2) is 6.13. The van der Waals surface area contributed by atoms with Gasteiger partial charge in [0.15, 0.2) is 5.75 Å². The molecule has 0 saturated carbocycles. The highest BCUT2D eigenvalue weighted by atomic mass is 16.6. The molecule has 0 amide bonds. The second-order valence-electron chi connectivity index (χ2n) is 4.57. The second-order valence-corrected chi connectivity index (χ2v) is 4.57. The maximum atomic E-state index is 11.0. The molecule has 21 heavy (non-hydrogen) atoms. The van der Waals surface area contributed by atoms with E-state index < -0.39 is 4.92 Å². The van der Waals surface area contributed by atoms with Gasteiger partial charge >= 0.3 is 5.69 Å². The number of phenols is 1. The highest BCUT2D eigenvalue weighted by Gasteiger charge is 2.16. The molecule has 2 aromatic rings. The predicted molar refractivity (Wildman–Crippen MR) is 79.8 cm³/mol. The Morgan fingerprint density at radius 3 is 2.62 bits per heavy atom. The fourth-order valence-corrected chi connectivity index (χ4v) is 2.10. The molecule has 2 N–H and O–H groups in total. The van der Waals surface area contributed by atoms with Crippen molar-refractivity contribution in [1.29, 1.82) is 0 Å². The summed E-state index contributed by atoms with van der Waals surface area (Å²) in [5.41, 5.74) is 1.20. The third kappa shape index (κ3) is 3.22. The molecule has 0 aromatic heterocycles. The van der Waals surface area contributed by atoms with E-state index in [1.54, 1.807) is 24.3 Å². The average Bonchev–Trinajstić information content (AvgIpc) is 2.47. The third-order valence-corrected chi connectivity index (χ3v) is 3.16. The number of nitrogens with zero attached hydrogens (tertiary/aromatic N) is 1. The van der Waals surface area contributed by atoms with Crippen LogP contribution in [0.5, 0.6) is 11.5 Å². The molecular weight excluding hydrogens is 272 g/mol. The number of hydrogen-bond acceptors (Lipinski definition) is 5. The Morgan fingerprint density at radius 1 is 1.29 bits per heavy atom. The third-order valence-electron chi connectivity index (χ3n) is 3.16. The normalized spacial score (nSPS) is 11.7. The van der Waals surface area contributed by atoms with E-state index in [0.29, 0.717) is 5.69 Å². The molecule has 0 fully saturated rings. The lowest BCUT2D eigenvalue weighted by Gasteiger charge is -2.17. The van der Waals surface area contributed by atoms with Crippen LogP contribution in [0.15, 0.2) is 42.5 Å². The van der Waals surface area contributed by atoms with E-state index in [9.17, 15) is 15.2 Å². The summed E-state index contributed by atoms with van der Waals surface area (Å²) in [4.78, 5) is 10.5. The Kier molecular flexibility index (Phi) is 4.27. The number of para-hydroxylation sites is 1. The molecule has 1 unspecified atom stereocenters. The van der Waals surface area contributed by atoms with Crippen molar-refractivity contribution >= 4 is 11.4 Å². The zero-order valence-corrected chi connectivity index (χ0v) is 11.7. The lowest BCUT2D eigenvalue weighted by molar-refractivity contribution is -0.385. The van der Waals surface area contributed by atoms with Crippen LogP contribution in [0.1, 0.15) is 18.5 Å². The van der Waals surface area contributed by atoms with Crippen LogP contribution in [0.25, 0.3) is 0 Å². The number of nitro benzene ring substituents is 1. The standard InChI is InChI=1S/C15H16N2O4/c1-10(12-5-3-4-6-14(12)18)16-11-7-8-15(21-2)13(9-11)17(19)20/h3-10,16,18H,1-2H3. The van der Waals surface area contributed by atoms with Crippen LogP contribution in [0.2, 0.25) is 0 Å². The van der Waals surface area contributed by atoms with Gasteiger partial charge in [0.25, 0.3) is 0 Å². The Morgan fingerprint density at radius 2 is 2.00 bits per heavy atom. The zero-order chi connectivity index (χ0) is 15.4. The molecular formula is C15H16N2O4. The summed E-state index contributed by atoms with van der Waals surface area (Å²) in [6.07, 6.45) is 0. The van der Waals surface area contributed by atoms with Crippen molar-refractivity contribution in [2.24, 2.45) is 0 Å². The van der Waals surface area contributed by atoms with Gasteiger partial charge in [-0.25, -0.2) is 0 Å². The van der Waals surface area contributed by atoms with E-state index in [0.717, 1.165) is 5.56 Å². The SMILES string of the molecule is COc1ccc(NC(C)c2ccccc2O)cc1[N+](=O)[O-]. The maximum Gasteiger partial charge on any atom is 0.312 e. The van der Waals surface area contributed by atoms with Gasteiger partial charge in [-0.05, 0) is 25.1 Å². The van der Waals surface area contributed by atoms with Gasteiger partial charge in [0.1, 0.15) is 5.75 Å². The monoisotopic (exact) mass is 288 g/mol. The minimum atomic E-state index is -0.491. The first-order chi connectivity index (χ1) is 10.0. The van der Waals surface area contributed by atoms with Crippen molar-refractivity contribution in [3.05, 3.63) is 58.1 Å². The van der Waals surface area contributed by atoms with Gasteiger partial charge in [-0.15, -0.1) is 0 Å². The molecule has 0 bridgehead atoms. The molecule has 0 radical (unpaired) electrons. The molecule has 0 saturated heterocycles. The van der Waals surface area contributed by atoms with Crippen molar-refractivity contribution in [2.75, 3.05) is 12.4 Å². The van der Waals surface area contributed by atoms with Crippen LogP contribution in [0, 0.1) is 10.1 Å². The predicted octanol–water partition coefficient (Wildman–Crippen LogP) is 3.48. The number of rotatable bonds is 5. The van der Waals surface area contributed by atoms with Gasteiger partial charge in [0.05, 0.1) is 18.1 Å². The molecule has 1 atom stereocenters. The van der Waals surface area contributed by atoms with Crippen LogP contribution in [0.4, 0.5) is 11.4 Å². The topological polar surface area (TPSA) is 84.6 Å². The molecule has 0 heterocycles. The fourth-order valence-electron chi connectivity index (χ4n) is 2.10. The van der Waals surface area contributed by atoms with E-state index in [4.69, 9.17) is 4.74 Å². The summed E-state index contributed by atoms with van der Waals surface area (Å²) in [6.45, 7) is 1.87. The molecule has 0 aliphatic carbocycles. The molecule has 6 nitrogen and oxygen atoms in total. The van der Waals surface area contributed by atoms with E-state index in [1.165, 1.54) is 19.2 Å². The van der Waals surface area contributed by atoms with Crippen LogP contribution >= 0.6 is 0 Å². The van der Waals surface area contributed by atoms with Crippen LogP contribution in [-0.4, -0.2) is 17.1 Å². The van der Waals surface area contributed by atoms with Crippen molar-refractivity contribution in [3.63, 3.8) is 0 Å². The average molecular weight is 288 g/mol. The number of nitrogens with one attached hydrogen (secondary N) is 1. The molecule has 2 aromatic carbocycles. The summed E-state index contributed by atoms with van der Waals surface area (Å²) in [5, 5.41) is 23.9. The van der Waals surface area contributed by atoms with Gasteiger partial charge in [0, 0.05) is 17.3 Å². The molecule has 2 rings (SSSR count). The first-order valence-electron chi connectivity index (χ1n) is 6.39. The number of hydrogen-bond donors (Lipinski definition) is 2. The molecule has 110 valence electrons. The summed E-state index contributed by atoms with van der Waals surface area (Å²) in [7, 11) is 1.39. The van der Waals surface area contributed by atoms with Crippen LogP contribution < -0.4 is 10.1 Å². The van der Waals surface area contributed by atoms with Crippen molar-refractivity contribution < 1.29 is 14.8 Å². The minimum Gasteiger partial charge on any atom is -0.508 e. The van der Waals surface area contributed by atoms with Crippen molar-refractivity contribution in [1.82, 2.24) is 0 Å². The summed E-state index contributed by atoms with van der Waals surface area (Å²) in [6, 6.07) is 11.4. The zero-order valence-electron chi connectivity index (χ0n) is 11.7. The lowest BCUT2D eigenvalue weighted by atomic mass is 10.1. The van der Waals surface area contributed by atoms with Gasteiger partial charge < -0.3 is 15.2 Å². The Balaban J connectivity index is 2.26. The minimum absolute atomic E-state index is 0.105. The van der Waals surface area contributed by atoms with Gasteiger partial charge in [0.2, 0.25) is 0 Å². The highest BCUT2D eigenvalue weighted by Crippen LogP contribution is 2.32. The maximum absolute atomic E-state index is 11.0. The number of methoxy groups -OCH3 is 1. The molecule has 0 spiro atoms. The Bertz CT molecular complexity index is 658. The summed E-state index contributed by atoms with van der Waals surface area (Å²) in [5.74, 6) is 0.390. The number of ether oxygens (including phenoxy) is 1. The first kappa shape index (κ1) is 14.6. The van der Waals surface area contributed by atoms with Gasteiger partial charge in [-0.2, -0.15) is 0 Å². The highest BCUT2D eigenvalue weighted by molar-refractivity contribution is 5.59. The van der Waals surface area contributed by atoms with Crippen LogP contribution in [0.3, 0.4) is 0 Å². The summed E-state index contributed by atoms with van der Waals surface area (Å²) >= 11 is 0. The fraction of sp³-hybridized carbons (Fsp3) is 0.200.